The summed E-state index contributed by atoms with van der Waals surface area (Å²) in [6.45, 7) is 5.11. The molecule has 4 heteroatoms. The zero-order valence-electron chi connectivity index (χ0n) is 9.03. The molecule has 0 amide bonds. The van der Waals surface area contributed by atoms with Gasteiger partial charge in [0.2, 0.25) is 0 Å². The minimum absolute atomic E-state index is 0.142. The van der Waals surface area contributed by atoms with Crippen LogP contribution in [0, 0.1) is 0 Å². The van der Waals surface area contributed by atoms with Gasteiger partial charge < -0.3 is 15.3 Å². The lowest BCUT2D eigenvalue weighted by molar-refractivity contribution is 0.0982. The van der Waals surface area contributed by atoms with Gasteiger partial charge in [0.25, 0.3) is 0 Å². The quantitative estimate of drug-likeness (QED) is 0.538. The summed E-state index contributed by atoms with van der Waals surface area (Å²) in [6.07, 6.45) is 1.88. The number of aromatic hydroxyl groups is 3. The molecule has 1 aromatic rings. The van der Waals surface area contributed by atoms with Crippen LogP contribution >= 0.6 is 0 Å². The van der Waals surface area contributed by atoms with Crippen molar-refractivity contribution in [2.75, 3.05) is 0 Å². The molecule has 0 fully saturated rings. The van der Waals surface area contributed by atoms with Gasteiger partial charge in [-0.2, -0.15) is 0 Å². The summed E-state index contributed by atoms with van der Waals surface area (Å²) >= 11 is 0. The van der Waals surface area contributed by atoms with Crippen molar-refractivity contribution in [3.8, 4) is 17.2 Å². The summed E-state index contributed by atoms with van der Waals surface area (Å²) in [5.74, 6) is -1.40. The molecule has 16 heavy (non-hydrogen) atoms. The Hall–Kier alpha value is -1.97. The second kappa shape index (κ2) is 4.70. The largest absolute Gasteiger partial charge is 0.507 e. The molecule has 0 saturated heterocycles. The fourth-order valence-electron chi connectivity index (χ4n) is 1.48. The van der Waals surface area contributed by atoms with Crippen LogP contribution in [0.5, 0.6) is 17.2 Å². The molecule has 0 radical (unpaired) electrons. The van der Waals surface area contributed by atoms with Crippen molar-refractivity contribution in [3.63, 3.8) is 0 Å². The molecule has 0 aliphatic rings. The Bertz CT molecular complexity index is 435. The zero-order chi connectivity index (χ0) is 12.3. The molecule has 0 saturated carbocycles. The van der Waals surface area contributed by atoms with Gasteiger partial charge in [-0.3, -0.25) is 4.79 Å². The molecule has 86 valence electrons. The molecule has 1 rings (SSSR count). The van der Waals surface area contributed by atoms with E-state index in [-0.39, 0.29) is 41.3 Å². The molecule has 0 unspecified atom stereocenters. The van der Waals surface area contributed by atoms with E-state index in [1.54, 1.807) is 6.92 Å². The Kier molecular flexibility index (Phi) is 3.55. The van der Waals surface area contributed by atoms with Gasteiger partial charge in [0.05, 0.1) is 0 Å². The molecule has 0 bridgehead atoms. The van der Waals surface area contributed by atoms with Crippen LogP contribution in [0.3, 0.4) is 0 Å². The van der Waals surface area contributed by atoms with E-state index in [0.717, 1.165) is 6.07 Å². The highest BCUT2D eigenvalue weighted by Crippen LogP contribution is 2.38. The highest BCUT2D eigenvalue weighted by molar-refractivity contribution is 6.01. The van der Waals surface area contributed by atoms with Crippen molar-refractivity contribution in [3.05, 3.63) is 29.8 Å². The molecular formula is C12H14O4. The topological polar surface area (TPSA) is 77.8 Å². The molecule has 0 aliphatic heterocycles. The molecule has 0 aliphatic carbocycles. The Morgan fingerprint density at radius 3 is 2.50 bits per heavy atom. The Morgan fingerprint density at radius 2 is 2.00 bits per heavy atom. The van der Waals surface area contributed by atoms with Crippen molar-refractivity contribution in [1.29, 1.82) is 0 Å². The lowest BCUT2D eigenvalue weighted by Gasteiger charge is -2.11. The number of allylic oxidation sites excluding steroid dienone is 1. The van der Waals surface area contributed by atoms with E-state index >= 15 is 0 Å². The van der Waals surface area contributed by atoms with Gasteiger partial charge in [-0.05, 0) is 6.42 Å². The smallest absolute Gasteiger partial charge is 0.170 e. The van der Waals surface area contributed by atoms with Crippen molar-refractivity contribution < 1.29 is 20.1 Å². The van der Waals surface area contributed by atoms with E-state index in [2.05, 4.69) is 6.58 Å². The number of benzene rings is 1. The van der Waals surface area contributed by atoms with Gasteiger partial charge in [0, 0.05) is 18.1 Å². The second-order valence-corrected chi connectivity index (χ2v) is 3.39. The second-order valence-electron chi connectivity index (χ2n) is 3.39. The lowest BCUT2D eigenvalue weighted by atomic mass is 9.99. The minimum Gasteiger partial charge on any atom is -0.507 e. The van der Waals surface area contributed by atoms with Crippen LogP contribution in [-0.4, -0.2) is 21.1 Å². The minimum atomic E-state index is -0.408. The molecule has 4 nitrogen and oxygen atoms in total. The summed E-state index contributed by atoms with van der Waals surface area (Å²) in [6, 6.07) is 1.06. The molecule has 3 N–H and O–H groups in total. The zero-order valence-corrected chi connectivity index (χ0v) is 9.03. The summed E-state index contributed by atoms with van der Waals surface area (Å²) in [4.78, 5) is 11.5. The number of ketones is 1. The summed E-state index contributed by atoms with van der Waals surface area (Å²) < 4.78 is 0. The van der Waals surface area contributed by atoms with Crippen molar-refractivity contribution in [1.82, 2.24) is 0 Å². The van der Waals surface area contributed by atoms with Crippen molar-refractivity contribution in [2.24, 2.45) is 0 Å². The van der Waals surface area contributed by atoms with Crippen LogP contribution < -0.4 is 0 Å². The number of phenolic OH excluding ortho intramolecular Hbond substituents is 3. The van der Waals surface area contributed by atoms with E-state index < -0.39 is 5.75 Å². The van der Waals surface area contributed by atoms with E-state index in [4.69, 9.17) is 0 Å². The maximum absolute atomic E-state index is 11.5. The first-order valence-corrected chi connectivity index (χ1v) is 4.93. The Morgan fingerprint density at radius 1 is 1.38 bits per heavy atom. The third-order valence-electron chi connectivity index (χ3n) is 2.31. The number of phenols is 3. The average Bonchev–Trinajstić information content (AvgIpc) is 2.23. The SMILES string of the molecule is C=CCc1c(O)cc(O)c(C(=O)CC)c1O. The first-order chi connectivity index (χ1) is 7.52. The Labute approximate surface area is 93.5 Å². The predicted octanol–water partition coefficient (Wildman–Crippen LogP) is 2.12. The normalized spacial score (nSPS) is 10.1. The molecule has 0 heterocycles. The number of carbonyl (C=O) groups excluding carboxylic acids is 1. The van der Waals surface area contributed by atoms with Crippen molar-refractivity contribution >= 4 is 5.78 Å². The van der Waals surface area contributed by atoms with Crippen LogP contribution in [0.1, 0.15) is 29.3 Å². The standard InChI is InChI=1S/C12H14O4/c1-3-5-7-9(14)6-10(15)11(12(7)16)8(13)4-2/h3,6,14-16H,1,4-5H2,2H3. The van der Waals surface area contributed by atoms with E-state index in [0.29, 0.717) is 0 Å². The lowest BCUT2D eigenvalue weighted by Crippen LogP contribution is -2.00. The first-order valence-electron chi connectivity index (χ1n) is 4.93. The average molecular weight is 222 g/mol. The number of carbonyl (C=O) groups is 1. The predicted molar refractivity (Wildman–Crippen MR) is 60.0 cm³/mol. The molecular weight excluding hydrogens is 208 g/mol. The number of hydrogen-bond donors (Lipinski definition) is 3. The number of hydrogen-bond acceptors (Lipinski definition) is 4. The monoisotopic (exact) mass is 222 g/mol. The summed E-state index contributed by atoms with van der Waals surface area (Å²) in [5, 5.41) is 28.8. The number of Topliss-reactive ketones (excluding diaryl/α,β-unsaturated/α-hetero) is 1. The van der Waals surface area contributed by atoms with Gasteiger partial charge in [-0.1, -0.05) is 13.0 Å². The van der Waals surface area contributed by atoms with Crippen LogP contribution in [-0.2, 0) is 6.42 Å². The molecule has 0 spiro atoms. The third kappa shape index (κ3) is 2.00. The van der Waals surface area contributed by atoms with E-state index in [1.807, 2.05) is 0 Å². The molecule has 0 atom stereocenters. The number of rotatable bonds is 4. The summed E-state index contributed by atoms with van der Waals surface area (Å²) in [5.41, 5.74) is 0.0572. The first kappa shape index (κ1) is 12.1. The van der Waals surface area contributed by atoms with Crippen LogP contribution in [0.4, 0.5) is 0 Å². The Balaban J connectivity index is 3.44. The maximum atomic E-state index is 11.5. The van der Waals surface area contributed by atoms with E-state index in [9.17, 15) is 20.1 Å². The highest BCUT2D eigenvalue weighted by Gasteiger charge is 2.20. The fraction of sp³-hybridized carbons (Fsp3) is 0.250. The van der Waals surface area contributed by atoms with E-state index in [1.165, 1.54) is 6.08 Å². The van der Waals surface area contributed by atoms with Gasteiger partial charge in [-0.15, -0.1) is 6.58 Å². The van der Waals surface area contributed by atoms with Gasteiger partial charge in [0.15, 0.2) is 5.78 Å². The van der Waals surface area contributed by atoms with Crippen LogP contribution in [0.15, 0.2) is 18.7 Å². The third-order valence-corrected chi connectivity index (χ3v) is 2.31. The highest BCUT2D eigenvalue weighted by atomic mass is 16.3. The van der Waals surface area contributed by atoms with Crippen LogP contribution in [0.2, 0.25) is 0 Å². The van der Waals surface area contributed by atoms with Gasteiger partial charge in [-0.25, -0.2) is 0 Å². The maximum Gasteiger partial charge on any atom is 0.170 e. The van der Waals surface area contributed by atoms with Gasteiger partial charge in [0.1, 0.15) is 22.8 Å². The van der Waals surface area contributed by atoms with Crippen LogP contribution in [0.25, 0.3) is 0 Å². The van der Waals surface area contributed by atoms with Crippen molar-refractivity contribution in [2.45, 2.75) is 19.8 Å². The van der Waals surface area contributed by atoms with Gasteiger partial charge >= 0.3 is 0 Å². The summed E-state index contributed by atoms with van der Waals surface area (Å²) in [7, 11) is 0. The molecule has 0 aromatic heterocycles. The fourth-order valence-corrected chi connectivity index (χ4v) is 1.48. The molecule has 1 aromatic carbocycles.